The summed E-state index contributed by atoms with van der Waals surface area (Å²) in [6.45, 7) is 12.7. The van der Waals surface area contributed by atoms with Gasteiger partial charge in [0, 0.05) is 17.6 Å². The Labute approximate surface area is 284 Å². The fourth-order valence-electron chi connectivity index (χ4n) is 5.65. The van der Waals surface area contributed by atoms with Gasteiger partial charge in [0.1, 0.15) is 23.0 Å². The summed E-state index contributed by atoms with van der Waals surface area (Å²) in [4.78, 5) is 24.8. The van der Waals surface area contributed by atoms with E-state index in [4.69, 9.17) is 9.47 Å². The average molecular weight is 638 g/mol. The lowest BCUT2D eigenvalue weighted by Gasteiger charge is -2.26. The molecule has 0 saturated carbocycles. The molecule has 1 heterocycles. The van der Waals surface area contributed by atoms with E-state index in [1.165, 1.54) is 39.3 Å². The highest BCUT2D eigenvalue weighted by molar-refractivity contribution is 6.28. The standard InChI is InChI=1S/C29H28O2.C14H15NO2/c1-21-5-13-25(14-6-21)30-27-17-9-23(10-18-27)29(3,4)24-11-19-28(20-12-24)31-26-15-7-22(2)8-16-26;1-3-10-6-5-7-11(4-2)14(10)15-12(16)8-9-13(15)17/h5-20H,1-4H3;5-9H,3-4H2,1-2H3. The van der Waals surface area contributed by atoms with Crippen molar-refractivity contribution in [1.82, 2.24) is 0 Å². The Morgan fingerprint density at radius 2 is 0.854 bits per heavy atom. The molecule has 244 valence electrons. The number of carbonyl (C=O) groups excluding carboxylic acids is 2. The SMILES string of the molecule is CCc1cccc(CC)c1N1C(=O)C=CC1=O.Cc1ccc(Oc2ccc(C(C)(C)c3ccc(Oc4ccc(C)cc4)cc3)cc2)cc1. The predicted octanol–water partition coefficient (Wildman–Crippen LogP) is 10.5. The van der Waals surface area contributed by atoms with Gasteiger partial charge in [-0.05, 0) is 97.5 Å². The number of nitrogens with zero attached hydrogens (tertiary/aromatic N) is 1. The van der Waals surface area contributed by atoms with Crippen molar-refractivity contribution in [2.45, 2.75) is 59.8 Å². The normalized spacial score (nSPS) is 12.5. The van der Waals surface area contributed by atoms with Gasteiger partial charge < -0.3 is 9.47 Å². The van der Waals surface area contributed by atoms with Crippen LogP contribution in [0.5, 0.6) is 23.0 Å². The highest BCUT2D eigenvalue weighted by Crippen LogP contribution is 2.35. The van der Waals surface area contributed by atoms with Crippen molar-refractivity contribution in [2.24, 2.45) is 0 Å². The number of ether oxygens (including phenoxy) is 2. The molecular formula is C43H43NO4. The molecule has 0 radical (unpaired) electrons. The van der Waals surface area contributed by atoms with Gasteiger partial charge in [-0.15, -0.1) is 0 Å². The Kier molecular flexibility index (Phi) is 10.6. The second-order valence-corrected chi connectivity index (χ2v) is 12.5. The van der Waals surface area contributed by atoms with Crippen LogP contribution in [0.1, 0.15) is 61.1 Å². The van der Waals surface area contributed by atoms with E-state index >= 15 is 0 Å². The summed E-state index contributed by atoms with van der Waals surface area (Å²) in [6, 6.07) is 38.8. The van der Waals surface area contributed by atoms with E-state index < -0.39 is 0 Å². The molecule has 5 heteroatoms. The van der Waals surface area contributed by atoms with Crippen LogP contribution in [-0.4, -0.2) is 11.8 Å². The molecule has 48 heavy (non-hydrogen) atoms. The van der Waals surface area contributed by atoms with Crippen molar-refractivity contribution in [3.8, 4) is 23.0 Å². The number of amides is 2. The van der Waals surface area contributed by atoms with Crippen LogP contribution in [0.4, 0.5) is 5.69 Å². The molecule has 0 spiro atoms. The Bertz CT molecular complexity index is 1750. The van der Waals surface area contributed by atoms with Gasteiger partial charge in [0.15, 0.2) is 0 Å². The second-order valence-electron chi connectivity index (χ2n) is 12.5. The highest BCUT2D eigenvalue weighted by Gasteiger charge is 2.28. The summed E-state index contributed by atoms with van der Waals surface area (Å²) in [5.41, 5.74) is 7.62. The zero-order chi connectivity index (χ0) is 34.3. The Morgan fingerprint density at radius 3 is 1.19 bits per heavy atom. The maximum Gasteiger partial charge on any atom is 0.258 e. The lowest BCUT2D eigenvalue weighted by molar-refractivity contribution is -0.120. The number of para-hydroxylation sites is 1. The molecule has 0 N–H and O–H groups in total. The highest BCUT2D eigenvalue weighted by atomic mass is 16.5. The smallest absolute Gasteiger partial charge is 0.258 e. The molecule has 1 aliphatic rings. The van der Waals surface area contributed by atoms with Gasteiger partial charge in [-0.1, -0.05) is 106 Å². The summed E-state index contributed by atoms with van der Waals surface area (Å²) in [6.07, 6.45) is 4.27. The molecule has 0 saturated heterocycles. The van der Waals surface area contributed by atoms with Crippen molar-refractivity contribution >= 4 is 17.5 Å². The van der Waals surface area contributed by atoms with Crippen molar-refractivity contribution in [3.63, 3.8) is 0 Å². The molecular weight excluding hydrogens is 594 g/mol. The number of anilines is 1. The topological polar surface area (TPSA) is 55.8 Å². The van der Waals surface area contributed by atoms with E-state index in [1.807, 2.05) is 80.6 Å². The Hall–Kier alpha value is -5.42. The summed E-state index contributed by atoms with van der Waals surface area (Å²) in [5.74, 6) is 2.88. The molecule has 0 fully saturated rings. The third-order valence-corrected chi connectivity index (χ3v) is 8.66. The van der Waals surface area contributed by atoms with E-state index in [0.717, 1.165) is 52.7 Å². The quantitative estimate of drug-likeness (QED) is 0.151. The molecule has 0 aliphatic carbocycles. The number of hydrogen-bond donors (Lipinski definition) is 0. The largest absolute Gasteiger partial charge is 0.457 e. The number of carbonyl (C=O) groups is 2. The molecule has 6 rings (SSSR count). The van der Waals surface area contributed by atoms with E-state index in [0.29, 0.717) is 0 Å². The maximum atomic E-state index is 11.7. The fourth-order valence-corrected chi connectivity index (χ4v) is 5.65. The number of hydrogen-bond acceptors (Lipinski definition) is 4. The molecule has 5 nitrogen and oxygen atoms in total. The molecule has 0 bridgehead atoms. The molecule has 0 unspecified atom stereocenters. The van der Waals surface area contributed by atoms with Crippen LogP contribution in [0.15, 0.2) is 127 Å². The van der Waals surface area contributed by atoms with E-state index in [1.54, 1.807) is 0 Å². The lowest BCUT2D eigenvalue weighted by Crippen LogP contribution is -2.31. The van der Waals surface area contributed by atoms with Crippen molar-refractivity contribution in [1.29, 1.82) is 0 Å². The van der Waals surface area contributed by atoms with Crippen molar-refractivity contribution < 1.29 is 19.1 Å². The lowest BCUT2D eigenvalue weighted by atomic mass is 9.78. The van der Waals surface area contributed by atoms with Gasteiger partial charge in [0.25, 0.3) is 11.8 Å². The minimum atomic E-state index is -0.245. The average Bonchev–Trinajstić information content (AvgIpc) is 3.43. The molecule has 5 aromatic carbocycles. The van der Waals surface area contributed by atoms with E-state index in [-0.39, 0.29) is 17.2 Å². The first-order chi connectivity index (χ1) is 23.1. The number of aryl methyl sites for hydroxylation is 4. The fraction of sp³-hybridized carbons (Fsp3) is 0.209. The van der Waals surface area contributed by atoms with Gasteiger partial charge in [-0.2, -0.15) is 0 Å². The molecule has 5 aromatic rings. The third-order valence-electron chi connectivity index (χ3n) is 8.66. The predicted molar refractivity (Wildman–Crippen MR) is 194 cm³/mol. The van der Waals surface area contributed by atoms with Gasteiger partial charge in [0.05, 0.1) is 5.69 Å². The van der Waals surface area contributed by atoms with Crippen molar-refractivity contribution in [2.75, 3.05) is 4.90 Å². The van der Waals surface area contributed by atoms with Crippen LogP contribution >= 0.6 is 0 Å². The van der Waals surface area contributed by atoms with Gasteiger partial charge in [0.2, 0.25) is 0 Å². The monoisotopic (exact) mass is 637 g/mol. The first-order valence-corrected chi connectivity index (χ1v) is 16.5. The van der Waals surface area contributed by atoms with Crippen LogP contribution in [0, 0.1) is 13.8 Å². The minimum absolute atomic E-state index is 0.134. The molecule has 0 atom stereocenters. The Balaban J connectivity index is 0.000000224. The third kappa shape index (κ3) is 7.92. The van der Waals surface area contributed by atoms with Crippen LogP contribution in [0.3, 0.4) is 0 Å². The van der Waals surface area contributed by atoms with Gasteiger partial charge >= 0.3 is 0 Å². The molecule has 1 aliphatic heterocycles. The number of rotatable bonds is 9. The summed E-state index contributed by atoms with van der Waals surface area (Å²) in [7, 11) is 0. The minimum Gasteiger partial charge on any atom is -0.457 e. The van der Waals surface area contributed by atoms with E-state index in [2.05, 4.69) is 76.2 Å². The number of imide groups is 1. The molecule has 0 aromatic heterocycles. The van der Waals surface area contributed by atoms with E-state index in [9.17, 15) is 9.59 Å². The van der Waals surface area contributed by atoms with Gasteiger partial charge in [-0.25, -0.2) is 4.90 Å². The summed E-state index contributed by atoms with van der Waals surface area (Å²) < 4.78 is 11.9. The van der Waals surface area contributed by atoms with Crippen LogP contribution < -0.4 is 14.4 Å². The van der Waals surface area contributed by atoms with Crippen LogP contribution in [0.2, 0.25) is 0 Å². The van der Waals surface area contributed by atoms with Crippen LogP contribution in [-0.2, 0) is 27.8 Å². The Morgan fingerprint density at radius 1 is 0.521 bits per heavy atom. The second kappa shape index (κ2) is 15.0. The first kappa shape index (κ1) is 33.9. The maximum absolute atomic E-state index is 11.7. The zero-order valence-corrected chi connectivity index (χ0v) is 28.6. The molecule has 2 amide bonds. The zero-order valence-electron chi connectivity index (χ0n) is 28.6. The van der Waals surface area contributed by atoms with Crippen molar-refractivity contribution in [3.05, 3.63) is 161 Å². The first-order valence-electron chi connectivity index (χ1n) is 16.5. The number of benzene rings is 5. The van der Waals surface area contributed by atoms with Gasteiger partial charge in [-0.3, -0.25) is 9.59 Å². The summed E-state index contributed by atoms with van der Waals surface area (Å²) in [5, 5.41) is 0. The summed E-state index contributed by atoms with van der Waals surface area (Å²) >= 11 is 0. The van der Waals surface area contributed by atoms with Crippen LogP contribution in [0.25, 0.3) is 0 Å².